The van der Waals surface area contributed by atoms with Crippen LogP contribution < -0.4 is 0 Å². The van der Waals surface area contributed by atoms with E-state index in [1.54, 1.807) is 12.1 Å². The summed E-state index contributed by atoms with van der Waals surface area (Å²) in [7, 11) is 0. The molecule has 0 saturated heterocycles. The fourth-order valence-corrected chi connectivity index (χ4v) is 3.60. The van der Waals surface area contributed by atoms with Crippen molar-refractivity contribution >= 4 is 17.3 Å². The molecule has 128 valence electrons. The van der Waals surface area contributed by atoms with E-state index in [2.05, 4.69) is 41.5 Å². The van der Waals surface area contributed by atoms with Gasteiger partial charge in [0.05, 0.1) is 11.4 Å². The van der Waals surface area contributed by atoms with E-state index in [0.29, 0.717) is 11.4 Å². The molecule has 26 heavy (non-hydrogen) atoms. The number of hydrogen-bond acceptors (Lipinski definition) is 3. The molecule has 0 radical (unpaired) electrons. The predicted molar refractivity (Wildman–Crippen MR) is 103 cm³/mol. The highest BCUT2D eigenvalue weighted by atomic mass is 32.1. The maximum Gasteiger partial charge on any atom is 0.345 e. The van der Waals surface area contributed by atoms with Gasteiger partial charge in [0.2, 0.25) is 0 Å². The molecule has 0 unspecified atom stereocenters. The normalized spacial score (nSPS) is 10.8. The van der Waals surface area contributed by atoms with Gasteiger partial charge in [0.25, 0.3) is 0 Å². The molecule has 0 bridgehead atoms. The van der Waals surface area contributed by atoms with E-state index >= 15 is 0 Å². The molecule has 5 heteroatoms. The van der Waals surface area contributed by atoms with Crippen molar-refractivity contribution in [3.05, 3.63) is 89.4 Å². The maximum absolute atomic E-state index is 11.0. The van der Waals surface area contributed by atoms with Crippen LogP contribution in [0.4, 0.5) is 0 Å². The van der Waals surface area contributed by atoms with E-state index in [1.807, 2.05) is 35.1 Å². The molecule has 4 nitrogen and oxygen atoms in total. The zero-order valence-electron chi connectivity index (χ0n) is 13.9. The molecule has 2 aromatic carbocycles. The van der Waals surface area contributed by atoms with Crippen LogP contribution in [0.15, 0.2) is 79.0 Å². The monoisotopic (exact) mass is 360 g/mol. The van der Waals surface area contributed by atoms with E-state index in [9.17, 15) is 4.79 Å². The number of carboxylic acids is 1. The number of aromatic nitrogens is 2. The number of carboxylic acid groups (broad SMARTS) is 1. The van der Waals surface area contributed by atoms with Crippen LogP contribution in [0.2, 0.25) is 0 Å². The molecular formula is C21H16N2O2S. The van der Waals surface area contributed by atoms with Gasteiger partial charge in [-0.25, -0.2) is 4.79 Å². The van der Waals surface area contributed by atoms with Crippen LogP contribution in [0.25, 0.3) is 21.7 Å². The fraction of sp³-hybridized carbons (Fsp3) is 0.0476. The number of benzene rings is 2. The minimum Gasteiger partial charge on any atom is -0.477 e. The molecule has 2 heterocycles. The first-order valence-electron chi connectivity index (χ1n) is 8.20. The summed E-state index contributed by atoms with van der Waals surface area (Å²) in [6.45, 7) is 0.673. The van der Waals surface area contributed by atoms with Gasteiger partial charge in [0, 0.05) is 6.20 Å². The van der Waals surface area contributed by atoms with Crippen molar-refractivity contribution in [1.29, 1.82) is 0 Å². The topological polar surface area (TPSA) is 55.1 Å². The third kappa shape index (κ3) is 3.43. The van der Waals surface area contributed by atoms with Crippen molar-refractivity contribution in [3.63, 3.8) is 0 Å². The van der Waals surface area contributed by atoms with Crippen molar-refractivity contribution in [2.45, 2.75) is 6.54 Å². The lowest BCUT2D eigenvalue weighted by molar-refractivity contribution is 0.0702. The van der Waals surface area contributed by atoms with Crippen LogP contribution >= 0.6 is 11.3 Å². The van der Waals surface area contributed by atoms with Crippen LogP contribution in [0.3, 0.4) is 0 Å². The Bertz CT molecular complexity index is 1030. The molecule has 0 amide bonds. The van der Waals surface area contributed by atoms with E-state index < -0.39 is 5.97 Å². The second kappa shape index (κ2) is 6.98. The van der Waals surface area contributed by atoms with Crippen LogP contribution in [0, 0.1) is 0 Å². The summed E-state index contributed by atoms with van der Waals surface area (Å²) in [6.07, 6.45) is 1.92. The molecule has 2 aromatic heterocycles. The summed E-state index contributed by atoms with van der Waals surface area (Å²) in [6, 6.07) is 24.1. The van der Waals surface area contributed by atoms with Crippen LogP contribution in [0.5, 0.6) is 0 Å². The molecule has 4 aromatic rings. The second-order valence-corrected chi connectivity index (χ2v) is 7.01. The van der Waals surface area contributed by atoms with Gasteiger partial charge in [-0.2, -0.15) is 5.10 Å². The van der Waals surface area contributed by atoms with Crippen molar-refractivity contribution in [2.75, 3.05) is 0 Å². The van der Waals surface area contributed by atoms with Crippen LogP contribution in [-0.2, 0) is 6.54 Å². The summed E-state index contributed by atoms with van der Waals surface area (Å²) in [5.74, 6) is -0.904. The van der Waals surface area contributed by atoms with Gasteiger partial charge in [0.1, 0.15) is 10.6 Å². The SMILES string of the molecule is O=C(O)c1ccc(-c2ccn(Cc3ccc(-c4ccccc4)cc3)n2)s1. The third-order valence-electron chi connectivity index (χ3n) is 4.12. The Hall–Kier alpha value is -3.18. The summed E-state index contributed by atoms with van der Waals surface area (Å²) >= 11 is 1.24. The number of nitrogens with zero attached hydrogens (tertiary/aromatic N) is 2. The minimum atomic E-state index is -0.904. The van der Waals surface area contributed by atoms with Gasteiger partial charge in [-0.05, 0) is 34.9 Å². The van der Waals surface area contributed by atoms with Crippen LogP contribution in [-0.4, -0.2) is 20.9 Å². The highest BCUT2D eigenvalue weighted by molar-refractivity contribution is 7.17. The third-order valence-corrected chi connectivity index (χ3v) is 5.21. The molecular weight excluding hydrogens is 344 g/mol. The molecule has 0 spiro atoms. The maximum atomic E-state index is 11.0. The molecule has 0 aliphatic carbocycles. The number of thiophene rings is 1. The lowest BCUT2D eigenvalue weighted by atomic mass is 10.0. The van der Waals surface area contributed by atoms with E-state index in [1.165, 1.54) is 22.5 Å². The average Bonchev–Trinajstić information content (AvgIpc) is 3.32. The molecule has 1 N–H and O–H groups in total. The van der Waals surface area contributed by atoms with E-state index in [-0.39, 0.29) is 0 Å². The Balaban J connectivity index is 1.49. The molecule has 4 rings (SSSR count). The average molecular weight is 360 g/mol. The first-order chi connectivity index (χ1) is 12.7. The number of carbonyl (C=O) groups is 1. The standard InChI is InChI=1S/C21H16N2O2S/c24-21(25)20-11-10-19(26-20)18-12-13-23(22-18)14-15-6-8-17(9-7-15)16-4-2-1-3-5-16/h1-13H,14H2,(H,24,25). The highest BCUT2D eigenvalue weighted by Gasteiger charge is 2.10. The second-order valence-electron chi connectivity index (χ2n) is 5.93. The Labute approximate surface area is 155 Å². The van der Waals surface area contributed by atoms with Crippen molar-refractivity contribution in [2.24, 2.45) is 0 Å². The number of rotatable bonds is 5. The van der Waals surface area contributed by atoms with Gasteiger partial charge in [-0.3, -0.25) is 4.68 Å². The first kappa shape index (κ1) is 16.3. The lowest BCUT2D eigenvalue weighted by Gasteiger charge is -2.05. The minimum absolute atomic E-state index is 0.325. The first-order valence-corrected chi connectivity index (χ1v) is 9.02. The highest BCUT2D eigenvalue weighted by Crippen LogP contribution is 2.27. The fourth-order valence-electron chi connectivity index (χ4n) is 2.79. The predicted octanol–water partition coefficient (Wildman–Crippen LogP) is 5.03. The summed E-state index contributed by atoms with van der Waals surface area (Å²) in [4.78, 5) is 12.2. The summed E-state index contributed by atoms with van der Waals surface area (Å²) < 4.78 is 1.87. The molecule has 0 saturated carbocycles. The zero-order valence-corrected chi connectivity index (χ0v) is 14.7. The van der Waals surface area contributed by atoms with Crippen molar-refractivity contribution < 1.29 is 9.90 Å². The van der Waals surface area contributed by atoms with Crippen LogP contribution in [0.1, 0.15) is 15.2 Å². The molecule has 0 atom stereocenters. The van der Waals surface area contributed by atoms with Gasteiger partial charge >= 0.3 is 5.97 Å². The number of hydrogen-bond donors (Lipinski definition) is 1. The van der Waals surface area contributed by atoms with Gasteiger partial charge < -0.3 is 5.11 Å². The summed E-state index contributed by atoms with van der Waals surface area (Å²) in [5, 5.41) is 13.6. The lowest BCUT2D eigenvalue weighted by Crippen LogP contribution is -2.00. The summed E-state index contributed by atoms with van der Waals surface area (Å²) in [5.41, 5.74) is 4.35. The van der Waals surface area contributed by atoms with Gasteiger partial charge in [0.15, 0.2) is 0 Å². The van der Waals surface area contributed by atoms with Gasteiger partial charge in [-0.1, -0.05) is 54.6 Å². The van der Waals surface area contributed by atoms with E-state index in [4.69, 9.17) is 5.11 Å². The largest absolute Gasteiger partial charge is 0.477 e. The smallest absolute Gasteiger partial charge is 0.345 e. The molecule has 0 aliphatic heterocycles. The molecule has 0 fully saturated rings. The molecule has 0 aliphatic rings. The Kier molecular flexibility index (Phi) is 4.37. The Morgan fingerprint density at radius 2 is 1.65 bits per heavy atom. The van der Waals surface area contributed by atoms with Gasteiger partial charge in [-0.15, -0.1) is 11.3 Å². The quantitative estimate of drug-likeness (QED) is 0.543. The van der Waals surface area contributed by atoms with E-state index in [0.717, 1.165) is 16.1 Å². The Morgan fingerprint density at radius 3 is 2.35 bits per heavy atom. The van der Waals surface area contributed by atoms with Crippen molar-refractivity contribution in [1.82, 2.24) is 9.78 Å². The Morgan fingerprint density at radius 1 is 0.923 bits per heavy atom. The number of aromatic carboxylic acids is 1. The van der Waals surface area contributed by atoms with Crippen molar-refractivity contribution in [3.8, 4) is 21.7 Å². The zero-order chi connectivity index (χ0) is 17.9.